The number of hydrogen-bond donors (Lipinski definition) is 2. The van der Waals surface area contributed by atoms with Crippen LogP contribution in [0.3, 0.4) is 0 Å². The minimum absolute atomic E-state index is 0.0465. The number of nitro benzene ring substituents is 1. The number of phenolic OH excluding ortho intramolecular Hbond substituents is 1. The number of carbonyl (C=O) groups excluding carboxylic acids is 1. The Balaban J connectivity index is 2.83. The second-order valence-electron chi connectivity index (χ2n) is 3.95. The number of nitrogens with zero attached hydrogens (tertiary/aromatic N) is 1. The number of hydrogen-bond acceptors (Lipinski definition) is 6. The van der Waals surface area contributed by atoms with Crippen molar-refractivity contribution in [2.45, 2.75) is 6.92 Å². The highest BCUT2D eigenvalue weighted by Gasteiger charge is 2.20. The maximum atomic E-state index is 11.8. The van der Waals surface area contributed by atoms with E-state index in [2.05, 4.69) is 5.32 Å². The number of benzene rings is 1. The summed E-state index contributed by atoms with van der Waals surface area (Å²) in [6.45, 7) is 1.33. The Bertz CT molecular complexity index is 626. The van der Waals surface area contributed by atoms with E-state index in [1.807, 2.05) is 0 Å². The van der Waals surface area contributed by atoms with Gasteiger partial charge in [-0.1, -0.05) is 6.92 Å². The molecule has 20 heavy (non-hydrogen) atoms. The third-order valence-electron chi connectivity index (χ3n) is 2.56. The van der Waals surface area contributed by atoms with Crippen molar-refractivity contribution in [2.24, 2.45) is 0 Å². The van der Waals surface area contributed by atoms with Gasteiger partial charge in [0.1, 0.15) is 11.3 Å². The van der Waals surface area contributed by atoms with Gasteiger partial charge in [0.25, 0.3) is 11.6 Å². The highest BCUT2D eigenvalue weighted by Crippen LogP contribution is 2.22. The molecule has 1 aromatic rings. The van der Waals surface area contributed by atoms with Gasteiger partial charge in [-0.15, -0.1) is 0 Å². The SMILES string of the molecule is CCS(=O)(=O)CCNC(=O)c1cc(O)ccc1[N+](=O)[O-]. The van der Waals surface area contributed by atoms with E-state index in [0.717, 1.165) is 18.2 Å². The number of aromatic hydroxyl groups is 1. The minimum Gasteiger partial charge on any atom is -0.508 e. The van der Waals surface area contributed by atoms with Crippen molar-refractivity contribution in [1.29, 1.82) is 0 Å². The van der Waals surface area contributed by atoms with Crippen LogP contribution in [0.1, 0.15) is 17.3 Å². The maximum absolute atomic E-state index is 11.8. The van der Waals surface area contributed by atoms with Crippen LogP contribution < -0.4 is 5.32 Å². The van der Waals surface area contributed by atoms with Gasteiger partial charge in [-0.05, 0) is 12.1 Å². The number of nitro groups is 1. The quantitative estimate of drug-likeness (QED) is 0.580. The van der Waals surface area contributed by atoms with Crippen molar-refractivity contribution < 1.29 is 23.2 Å². The van der Waals surface area contributed by atoms with E-state index < -0.39 is 26.4 Å². The third kappa shape index (κ3) is 4.19. The number of phenols is 1. The summed E-state index contributed by atoms with van der Waals surface area (Å²) >= 11 is 0. The molecule has 8 nitrogen and oxygen atoms in total. The lowest BCUT2D eigenvalue weighted by Crippen LogP contribution is -2.30. The average molecular weight is 302 g/mol. The number of rotatable bonds is 6. The molecule has 1 rings (SSSR count). The van der Waals surface area contributed by atoms with Crippen LogP contribution in [0.4, 0.5) is 5.69 Å². The Morgan fingerprint density at radius 1 is 1.45 bits per heavy atom. The van der Waals surface area contributed by atoms with E-state index in [9.17, 15) is 28.4 Å². The predicted octanol–water partition coefficient (Wildman–Crippen LogP) is 0.465. The molecule has 0 aliphatic carbocycles. The van der Waals surface area contributed by atoms with Crippen molar-refractivity contribution >= 4 is 21.4 Å². The third-order valence-corrected chi connectivity index (χ3v) is 4.27. The van der Waals surface area contributed by atoms with Gasteiger partial charge in [-0.3, -0.25) is 14.9 Å². The molecule has 0 saturated carbocycles. The Morgan fingerprint density at radius 2 is 2.10 bits per heavy atom. The first-order valence-corrected chi connectivity index (χ1v) is 7.55. The van der Waals surface area contributed by atoms with E-state index in [0.29, 0.717) is 0 Å². The van der Waals surface area contributed by atoms with Crippen molar-refractivity contribution in [1.82, 2.24) is 5.32 Å². The first-order valence-electron chi connectivity index (χ1n) is 5.73. The molecular weight excluding hydrogens is 288 g/mol. The highest BCUT2D eigenvalue weighted by molar-refractivity contribution is 7.91. The van der Waals surface area contributed by atoms with Gasteiger partial charge in [-0.25, -0.2) is 8.42 Å². The molecule has 0 aromatic heterocycles. The first kappa shape index (κ1) is 15.9. The molecule has 110 valence electrons. The second kappa shape index (κ2) is 6.33. The molecule has 2 N–H and O–H groups in total. The van der Waals surface area contributed by atoms with Crippen LogP contribution in [0.25, 0.3) is 0 Å². The number of sulfone groups is 1. The van der Waals surface area contributed by atoms with Crippen LogP contribution in [-0.2, 0) is 9.84 Å². The summed E-state index contributed by atoms with van der Waals surface area (Å²) in [5, 5.41) is 22.3. The molecule has 0 heterocycles. The summed E-state index contributed by atoms with van der Waals surface area (Å²) < 4.78 is 22.5. The van der Waals surface area contributed by atoms with E-state index in [4.69, 9.17) is 0 Å². The molecule has 0 fully saturated rings. The number of carbonyl (C=O) groups is 1. The van der Waals surface area contributed by atoms with Crippen molar-refractivity contribution in [3.05, 3.63) is 33.9 Å². The molecule has 1 amide bonds. The van der Waals surface area contributed by atoms with E-state index in [1.165, 1.54) is 6.92 Å². The second-order valence-corrected chi connectivity index (χ2v) is 6.42. The fraction of sp³-hybridized carbons (Fsp3) is 0.364. The summed E-state index contributed by atoms with van der Waals surface area (Å²) in [6.07, 6.45) is 0. The fourth-order valence-corrected chi connectivity index (χ4v) is 2.13. The molecule has 0 saturated heterocycles. The zero-order valence-corrected chi connectivity index (χ0v) is 11.5. The number of amides is 1. The highest BCUT2D eigenvalue weighted by atomic mass is 32.2. The normalized spacial score (nSPS) is 11.1. The minimum atomic E-state index is -3.23. The van der Waals surface area contributed by atoms with Gasteiger partial charge in [0.2, 0.25) is 0 Å². The van der Waals surface area contributed by atoms with Crippen LogP contribution in [0.15, 0.2) is 18.2 Å². The van der Waals surface area contributed by atoms with Gasteiger partial charge in [0, 0.05) is 18.4 Å². The van der Waals surface area contributed by atoms with Crippen molar-refractivity contribution in [3.63, 3.8) is 0 Å². The van der Waals surface area contributed by atoms with Crippen LogP contribution in [0, 0.1) is 10.1 Å². The summed E-state index contributed by atoms with van der Waals surface area (Å²) in [4.78, 5) is 21.8. The van der Waals surface area contributed by atoms with Gasteiger partial charge < -0.3 is 10.4 Å². The van der Waals surface area contributed by atoms with Crippen LogP contribution >= 0.6 is 0 Å². The van der Waals surface area contributed by atoms with E-state index in [1.54, 1.807) is 0 Å². The Labute approximate surface area is 115 Å². The zero-order chi connectivity index (χ0) is 15.3. The molecule has 0 atom stereocenters. The van der Waals surface area contributed by atoms with Crippen LogP contribution in [0.5, 0.6) is 5.75 Å². The molecule has 0 spiro atoms. The summed E-state index contributed by atoms with van der Waals surface area (Å²) in [6, 6.07) is 3.06. The standard InChI is InChI=1S/C11H14N2O6S/c1-2-20(18,19)6-5-12-11(15)9-7-8(14)3-4-10(9)13(16)17/h3-4,7,14H,2,5-6H2,1H3,(H,12,15). The van der Waals surface area contributed by atoms with Gasteiger partial charge in [0.15, 0.2) is 9.84 Å². The topological polar surface area (TPSA) is 127 Å². The Hall–Kier alpha value is -2.16. The lowest BCUT2D eigenvalue weighted by Gasteiger charge is -2.06. The maximum Gasteiger partial charge on any atom is 0.282 e. The summed E-state index contributed by atoms with van der Waals surface area (Å²) in [5.41, 5.74) is -0.775. The molecule has 0 aliphatic heterocycles. The molecule has 1 aromatic carbocycles. The van der Waals surface area contributed by atoms with E-state index in [-0.39, 0.29) is 29.4 Å². The Morgan fingerprint density at radius 3 is 2.65 bits per heavy atom. The van der Waals surface area contributed by atoms with Crippen molar-refractivity contribution in [3.8, 4) is 5.75 Å². The Kier molecular flexibility index (Phi) is 5.03. The van der Waals surface area contributed by atoms with Crippen LogP contribution in [-0.4, -0.2) is 42.4 Å². The predicted molar refractivity (Wildman–Crippen MR) is 71.4 cm³/mol. The molecular formula is C11H14N2O6S. The molecule has 0 bridgehead atoms. The molecule has 0 unspecified atom stereocenters. The summed E-state index contributed by atoms with van der Waals surface area (Å²) in [5.74, 6) is -1.39. The lowest BCUT2D eigenvalue weighted by molar-refractivity contribution is -0.385. The van der Waals surface area contributed by atoms with Gasteiger partial charge in [0.05, 0.1) is 10.7 Å². The van der Waals surface area contributed by atoms with Crippen LogP contribution in [0.2, 0.25) is 0 Å². The molecule has 9 heteroatoms. The lowest BCUT2D eigenvalue weighted by atomic mass is 10.1. The molecule has 0 radical (unpaired) electrons. The van der Waals surface area contributed by atoms with Gasteiger partial charge >= 0.3 is 0 Å². The average Bonchev–Trinajstić information content (AvgIpc) is 2.37. The van der Waals surface area contributed by atoms with Crippen molar-refractivity contribution in [2.75, 3.05) is 18.1 Å². The zero-order valence-electron chi connectivity index (χ0n) is 10.7. The number of nitrogens with one attached hydrogen (secondary N) is 1. The van der Waals surface area contributed by atoms with Gasteiger partial charge in [-0.2, -0.15) is 0 Å². The monoisotopic (exact) mass is 302 g/mol. The first-order chi connectivity index (χ1) is 9.26. The summed E-state index contributed by atoms with van der Waals surface area (Å²) in [7, 11) is -3.23. The largest absolute Gasteiger partial charge is 0.508 e. The van der Waals surface area contributed by atoms with E-state index >= 15 is 0 Å². The smallest absolute Gasteiger partial charge is 0.282 e. The molecule has 0 aliphatic rings. The fourth-order valence-electron chi connectivity index (χ4n) is 1.42.